The second kappa shape index (κ2) is 7.02. The molecule has 3 rings (SSSR count). The maximum atomic E-state index is 12.6. The quantitative estimate of drug-likeness (QED) is 0.706. The number of pyridine rings is 1. The third-order valence-electron chi connectivity index (χ3n) is 3.70. The van der Waals surface area contributed by atoms with Gasteiger partial charge in [0.2, 0.25) is 0 Å². The molecule has 0 fully saturated rings. The normalized spacial score (nSPS) is 11.2. The Morgan fingerprint density at radius 2 is 2.20 bits per heavy atom. The van der Waals surface area contributed by atoms with Gasteiger partial charge in [0.25, 0.3) is 5.91 Å². The molecule has 0 saturated heterocycles. The Kier molecular flexibility index (Phi) is 4.80. The van der Waals surface area contributed by atoms with E-state index < -0.39 is 5.97 Å². The summed E-state index contributed by atoms with van der Waals surface area (Å²) in [5.41, 5.74) is 1.79. The fourth-order valence-corrected chi connectivity index (χ4v) is 3.20. The lowest BCUT2D eigenvalue weighted by Crippen LogP contribution is -2.26. The van der Waals surface area contributed by atoms with E-state index in [4.69, 9.17) is 5.11 Å². The molecule has 25 heavy (non-hydrogen) atoms. The Labute approximate surface area is 148 Å². The second-order valence-electron chi connectivity index (χ2n) is 5.85. The molecule has 0 unspecified atom stereocenters. The van der Waals surface area contributed by atoms with Gasteiger partial charge in [-0.2, -0.15) is 5.10 Å². The van der Waals surface area contributed by atoms with Crippen molar-refractivity contribution in [3.63, 3.8) is 0 Å². The number of hydrogen-bond donors (Lipinski definition) is 2. The van der Waals surface area contributed by atoms with Crippen molar-refractivity contribution in [2.45, 2.75) is 26.3 Å². The highest BCUT2D eigenvalue weighted by molar-refractivity contribution is 7.13. The monoisotopic (exact) mass is 358 g/mol. The Morgan fingerprint density at radius 3 is 2.84 bits per heavy atom. The summed E-state index contributed by atoms with van der Waals surface area (Å²) < 4.78 is 1.78. The van der Waals surface area contributed by atoms with Crippen LogP contribution in [0.4, 0.5) is 0 Å². The largest absolute Gasteiger partial charge is 0.481 e. The summed E-state index contributed by atoms with van der Waals surface area (Å²) in [7, 11) is 0. The fraction of sp³-hybridized carbons (Fsp3) is 0.294. The molecule has 0 spiro atoms. The molecule has 0 atom stereocenters. The van der Waals surface area contributed by atoms with Crippen molar-refractivity contribution in [2.75, 3.05) is 6.54 Å². The highest BCUT2D eigenvalue weighted by Crippen LogP contribution is 2.28. The van der Waals surface area contributed by atoms with E-state index in [2.05, 4.69) is 15.4 Å². The fourth-order valence-electron chi connectivity index (χ4n) is 2.51. The average molecular weight is 358 g/mol. The summed E-state index contributed by atoms with van der Waals surface area (Å²) >= 11 is 1.54. The topological polar surface area (TPSA) is 97.1 Å². The standard InChI is InChI=1S/C17H18N4O3S/c1-10(2)21-16-12(9-19-21)11(17(24)18-6-5-15(22)23)8-13(20-16)14-4-3-7-25-14/h3-4,7-10H,5-6H2,1-2H3,(H,18,24)(H,22,23). The molecular formula is C17H18N4O3S. The Morgan fingerprint density at radius 1 is 1.40 bits per heavy atom. The maximum absolute atomic E-state index is 12.6. The van der Waals surface area contributed by atoms with Gasteiger partial charge in [-0.25, -0.2) is 9.67 Å². The number of carboxylic acids is 1. The number of nitrogens with zero attached hydrogens (tertiary/aromatic N) is 3. The van der Waals surface area contributed by atoms with Crippen molar-refractivity contribution in [2.24, 2.45) is 0 Å². The van der Waals surface area contributed by atoms with Crippen molar-refractivity contribution in [3.05, 3.63) is 35.3 Å². The molecule has 8 heteroatoms. The number of carboxylic acid groups (broad SMARTS) is 1. The molecule has 0 aliphatic rings. The van der Waals surface area contributed by atoms with Gasteiger partial charge in [-0.15, -0.1) is 11.3 Å². The third kappa shape index (κ3) is 3.53. The molecule has 3 aromatic rings. The number of thiophene rings is 1. The number of aromatic nitrogens is 3. The van der Waals surface area contributed by atoms with E-state index in [1.165, 1.54) is 0 Å². The number of aliphatic carboxylic acids is 1. The molecule has 0 aromatic carbocycles. The van der Waals surface area contributed by atoms with Gasteiger partial charge in [0.1, 0.15) is 0 Å². The SMILES string of the molecule is CC(C)n1ncc2c(C(=O)NCCC(=O)O)cc(-c3cccs3)nc21. The van der Waals surface area contributed by atoms with Crippen LogP contribution in [0, 0.1) is 0 Å². The van der Waals surface area contributed by atoms with Crippen LogP contribution in [0.25, 0.3) is 21.6 Å². The van der Waals surface area contributed by atoms with Gasteiger partial charge in [-0.1, -0.05) is 6.07 Å². The van der Waals surface area contributed by atoms with Gasteiger partial charge in [0, 0.05) is 12.6 Å². The minimum absolute atomic E-state index is 0.0740. The Bertz CT molecular complexity index is 916. The summed E-state index contributed by atoms with van der Waals surface area (Å²) in [5.74, 6) is -1.28. The van der Waals surface area contributed by atoms with Crippen molar-refractivity contribution >= 4 is 34.2 Å². The first-order valence-corrected chi connectivity index (χ1v) is 8.77. The molecule has 130 valence electrons. The van der Waals surface area contributed by atoms with Crippen molar-refractivity contribution in [3.8, 4) is 10.6 Å². The van der Waals surface area contributed by atoms with E-state index >= 15 is 0 Å². The zero-order valence-electron chi connectivity index (χ0n) is 13.9. The van der Waals surface area contributed by atoms with E-state index in [1.807, 2.05) is 31.4 Å². The molecular weight excluding hydrogens is 340 g/mol. The number of amides is 1. The maximum Gasteiger partial charge on any atom is 0.305 e. The van der Waals surface area contributed by atoms with Gasteiger partial charge in [0.15, 0.2) is 5.65 Å². The van der Waals surface area contributed by atoms with Crippen LogP contribution < -0.4 is 5.32 Å². The van der Waals surface area contributed by atoms with Gasteiger partial charge in [-0.05, 0) is 31.4 Å². The number of hydrogen-bond acceptors (Lipinski definition) is 5. The number of carbonyl (C=O) groups is 2. The lowest BCUT2D eigenvalue weighted by atomic mass is 10.1. The Hall–Kier alpha value is -2.74. The van der Waals surface area contributed by atoms with Crippen LogP contribution in [0.3, 0.4) is 0 Å². The van der Waals surface area contributed by atoms with Crippen LogP contribution in [0.1, 0.15) is 36.7 Å². The van der Waals surface area contributed by atoms with Gasteiger partial charge in [-0.3, -0.25) is 9.59 Å². The number of nitrogens with one attached hydrogen (secondary N) is 1. The molecule has 0 aliphatic heterocycles. The summed E-state index contributed by atoms with van der Waals surface area (Å²) in [6.45, 7) is 4.07. The van der Waals surface area contributed by atoms with Crippen molar-refractivity contribution in [1.29, 1.82) is 0 Å². The zero-order chi connectivity index (χ0) is 18.0. The molecule has 0 bridgehead atoms. The highest BCUT2D eigenvalue weighted by Gasteiger charge is 2.18. The first-order valence-electron chi connectivity index (χ1n) is 7.89. The Balaban J connectivity index is 2.06. The molecule has 7 nitrogen and oxygen atoms in total. The summed E-state index contributed by atoms with van der Waals surface area (Å²) in [6, 6.07) is 5.71. The van der Waals surface area contributed by atoms with Crippen LogP contribution in [-0.2, 0) is 4.79 Å². The minimum atomic E-state index is -0.952. The first-order chi connectivity index (χ1) is 12.0. The number of fused-ring (bicyclic) bond motifs is 1. The lowest BCUT2D eigenvalue weighted by Gasteiger charge is -2.10. The summed E-state index contributed by atoms with van der Waals surface area (Å²) in [4.78, 5) is 28.9. The lowest BCUT2D eigenvalue weighted by molar-refractivity contribution is -0.136. The van der Waals surface area contributed by atoms with E-state index in [9.17, 15) is 9.59 Å². The van der Waals surface area contributed by atoms with Crippen LogP contribution in [0.5, 0.6) is 0 Å². The van der Waals surface area contributed by atoms with E-state index in [0.29, 0.717) is 22.3 Å². The molecule has 3 aromatic heterocycles. The summed E-state index contributed by atoms with van der Waals surface area (Å²) in [6.07, 6.45) is 1.51. The van der Waals surface area contributed by atoms with Crippen LogP contribution in [0.15, 0.2) is 29.8 Å². The molecule has 0 aliphatic carbocycles. The van der Waals surface area contributed by atoms with Crippen LogP contribution >= 0.6 is 11.3 Å². The predicted molar refractivity (Wildman–Crippen MR) is 95.8 cm³/mol. The minimum Gasteiger partial charge on any atom is -0.481 e. The van der Waals surface area contributed by atoms with E-state index in [1.54, 1.807) is 28.3 Å². The highest BCUT2D eigenvalue weighted by atomic mass is 32.1. The van der Waals surface area contributed by atoms with E-state index in [-0.39, 0.29) is 24.9 Å². The van der Waals surface area contributed by atoms with E-state index in [0.717, 1.165) is 4.88 Å². The van der Waals surface area contributed by atoms with Gasteiger partial charge in [0.05, 0.1) is 34.1 Å². The number of rotatable bonds is 6. The first kappa shape index (κ1) is 17.1. The molecule has 0 radical (unpaired) electrons. The van der Waals surface area contributed by atoms with Gasteiger partial charge < -0.3 is 10.4 Å². The summed E-state index contributed by atoms with van der Waals surface area (Å²) in [5, 5.41) is 18.3. The van der Waals surface area contributed by atoms with Crippen LogP contribution in [0.2, 0.25) is 0 Å². The predicted octanol–water partition coefficient (Wildman–Crippen LogP) is 2.95. The van der Waals surface area contributed by atoms with Gasteiger partial charge >= 0.3 is 5.97 Å². The van der Waals surface area contributed by atoms with Crippen molar-refractivity contribution < 1.29 is 14.7 Å². The second-order valence-corrected chi connectivity index (χ2v) is 6.80. The molecule has 3 heterocycles. The number of carbonyl (C=O) groups excluding carboxylic acids is 1. The molecule has 1 amide bonds. The van der Waals surface area contributed by atoms with Crippen molar-refractivity contribution in [1.82, 2.24) is 20.1 Å². The smallest absolute Gasteiger partial charge is 0.305 e. The zero-order valence-corrected chi connectivity index (χ0v) is 14.7. The molecule has 0 saturated carbocycles. The third-order valence-corrected chi connectivity index (χ3v) is 4.59. The van der Waals surface area contributed by atoms with Crippen LogP contribution in [-0.4, -0.2) is 38.3 Å². The average Bonchev–Trinajstić information content (AvgIpc) is 3.22. The molecule has 2 N–H and O–H groups in total.